The van der Waals surface area contributed by atoms with Gasteiger partial charge in [-0.1, -0.05) is 0 Å². The first-order valence-corrected chi connectivity index (χ1v) is 6.96. The van der Waals surface area contributed by atoms with E-state index in [1.807, 2.05) is 0 Å². The number of rotatable bonds is 4. The standard InChI is InChI=1S/C14H20O6/c1-2-18-13(17)12(16)9-11(15)10-3-5-14(6-4-10)19-7-8-20-14/h9-10,16H,2-8H2,1H3/b12-9-. The van der Waals surface area contributed by atoms with Crippen molar-refractivity contribution in [3.63, 3.8) is 0 Å². The molecule has 0 aromatic rings. The number of esters is 1. The minimum absolute atomic E-state index is 0.158. The Kier molecular flexibility index (Phi) is 4.77. The molecule has 0 aromatic heterocycles. The Balaban J connectivity index is 1.88. The van der Waals surface area contributed by atoms with E-state index in [1.54, 1.807) is 6.92 Å². The smallest absolute Gasteiger partial charge is 0.373 e. The average Bonchev–Trinajstić information content (AvgIpc) is 2.88. The van der Waals surface area contributed by atoms with Gasteiger partial charge in [-0.25, -0.2) is 4.79 Å². The molecule has 1 spiro atoms. The van der Waals surface area contributed by atoms with Crippen LogP contribution in [0.3, 0.4) is 0 Å². The topological polar surface area (TPSA) is 82.1 Å². The molecule has 1 heterocycles. The van der Waals surface area contributed by atoms with Gasteiger partial charge in [-0.2, -0.15) is 0 Å². The van der Waals surface area contributed by atoms with Crippen LogP contribution < -0.4 is 0 Å². The summed E-state index contributed by atoms with van der Waals surface area (Å²) in [6.45, 7) is 2.99. The average molecular weight is 284 g/mol. The molecule has 2 aliphatic rings. The largest absolute Gasteiger partial charge is 0.502 e. The highest BCUT2D eigenvalue weighted by Crippen LogP contribution is 2.38. The maximum absolute atomic E-state index is 12.0. The number of carbonyl (C=O) groups excluding carboxylic acids is 2. The van der Waals surface area contributed by atoms with Crippen molar-refractivity contribution < 1.29 is 28.9 Å². The summed E-state index contributed by atoms with van der Waals surface area (Å²) in [6, 6.07) is 0. The fourth-order valence-corrected chi connectivity index (χ4v) is 2.64. The highest BCUT2D eigenvalue weighted by atomic mass is 16.7. The van der Waals surface area contributed by atoms with Gasteiger partial charge < -0.3 is 19.3 Å². The molecule has 1 aliphatic carbocycles. The number of allylic oxidation sites excluding steroid dienone is 1. The molecule has 2 rings (SSSR count). The predicted molar refractivity (Wildman–Crippen MR) is 68.9 cm³/mol. The van der Waals surface area contributed by atoms with Crippen molar-refractivity contribution in [1.82, 2.24) is 0 Å². The minimum Gasteiger partial charge on any atom is -0.502 e. The molecule has 0 aromatic carbocycles. The second kappa shape index (κ2) is 6.37. The van der Waals surface area contributed by atoms with Crippen LogP contribution in [0, 0.1) is 5.92 Å². The lowest BCUT2D eigenvalue weighted by atomic mass is 9.82. The van der Waals surface area contributed by atoms with Crippen LogP contribution in [0.4, 0.5) is 0 Å². The molecule has 0 unspecified atom stereocenters. The van der Waals surface area contributed by atoms with Crippen molar-refractivity contribution in [1.29, 1.82) is 0 Å². The molecule has 1 saturated heterocycles. The second-order valence-corrected chi connectivity index (χ2v) is 5.03. The number of ketones is 1. The lowest BCUT2D eigenvalue weighted by Crippen LogP contribution is -2.36. The van der Waals surface area contributed by atoms with E-state index in [-0.39, 0.29) is 18.3 Å². The van der Waals surface area contributed by atoms with Gasteiger partial charge in [-0.3, -0.25) is 4.79 Å². The summed E-state index contributed by atoms with van der Waals surface area (Å²) in [5.41, 5.74) is 0. The van der Waals surface area contributed by atoms with Crippen LogP contribution in [-0.4, -0.2) is 42.5 Å². The SMILES string of the molecule is CCOC(=O)/C(O)=C/C(=O)C1CCC2(CC1)OCCO2. The molecule has 6 heteroatoms. The van der Waals surface area contributed by atoms with E-state index in [1.165, 1.54) is 0 Å². The quantitative estimate of drug-likeness (QED) is 0.478. The summed E-state index contributed by atoms with van der Waals surface area (Å²) in [7, 11) is 0. The van der Waals surface area contributed by atoms with Gasteiger partial charge in [-0.05, 0) is 19.8 Å². The first-order valence-electron chi connectivity index (χ1n) is 6.96. The van der Waals surface area contributed by atoms with Crippen molar-refractivity contribution in [3.05, 3.63) is 11.8 Å². The highest BCUT2D eigenvalue weighted by Gasteiger charge is 2.41. The van der Waals surface area contributed by atoms with Crippen molar-refractivity contribution >= 4 is 11.8 Å². The van der Waals surface area contributed by atoms with Crippen LogP contribution >= 0.6 is 0 Å². The van der Waals surface area contributed by atoms with Gasteiger partial charge in [0.1, 0.15) is 0 Å². The van der Waals surface area contributed by atoms with Gasteiger partial charge in [0.15, 0.2) is 11.6 Å². The fourth-order valence-electron chi connectivity index (χ4n) is 2.64. The van der Waals surface area contributed by atoms with E-state index in [4.69, 9.17) is 9.47 Å². The van der Waals surface area contributed by atoms with Crippen LogP contribution in [0.25, 0.3) is 0 Å². The van der Waals surface area contributed by atoms with Crippen LogP contribution in [0.2, 0.25) is 0 Å². The monoisotopic (exact) mass is 284 g/mol. The normalized spacial score (nSPS) is 22.9. The van der Waals surface area contributed by atoms with Gasteiger partial charge >= 0.3 is 5.97 Å². The van der Waals surface area contributed by atoms with E-state index in [2.05, 4.69) is 4.74 Å². The molecule has 6 nitrogen and oxygen atoms in total. The molecule has 1 aliphatic heterocycles. The third-order valence-electron chi connectivity index (χ3n) is 3.73. The molecule has 0 radical (unpaired) electrons. The Bertz CT molecular complexity index is 398. The lowest BCUT2D eigenvalue weighted by molar-refractivity contribution is -0.182. The number of ether oxygens (including phenoxy) is 3. The fraction of sp³-hybridized carbons (Fsp3) is 0.714. The molecular weight excluding hydrogens is 264 g/mol. The Morgan fingerprint density at radius 2 is 1.90 bits per heavy atom. The third-order valence-corrected chi connectivity index (χ3v) is 3.73. The van der Waals surface area contributed by atoms with Crippen LogP contribution in [-0.2, 0) is 23.8 Å². The van der Waals surface area contributed by atoms with Crippen molar-refractivity contribution in [2.24, 2.45) is 5.92 Å². The number of aliphatic hydroxyl groups is 1. The molecule has 0 amide bonds. The van der Waals surface area contributed by atoms with Gasteiger partial charge in [0.25, 0.3) is 0 Å². The molecule has 1 saturated carbocycles. The van der Waals surface area contributed by atoms with Crippen LogP contribution in [0.1, 0.15) is 32.6 Å². The first-order chi connectivity index (χ1) is 9.56. The van der Waals surface area contributed by atoms with E-state index in [9.17, 15) is 14.7 Å². The van der Waals surface area contributed by atoms with E-state index in [0.29, 0.717) is 38.9 Å². The lowest BCUT2D eigenvalue weighted by Gasteiger charge is -2.34. The molecule has 1 N–H and O–H groups in total. The number of hydrogen-bond donors (Lipinski definition) is 1. The second-order valence-electron chi connectivity index (χ2n) is 5.03. The Hall–Kier alpha value is -1.40. The Morgan fingerprint density at radius 3 is 2.45 bits per heavy atom. The molecule has 20 heavy (non-hydrogen) atoms. The van der Waals surface area contributed by atoms with E-state index >= 15 is 0 Å². The summed E-state index contributed by atoms with van der Waals surface area (Å²) in [5, 5.41) is 9.47. The number of carbonyl (C=O) groups is 2. The summed E-state index contributed by atoms with van der Waals surface area (Å²) in [4.78, 5) is 23.2. The molecular formula is C14H20O6. The van der Waals surface area contributed by atoms with Gasteiger partial charge in [0, 0.05) is 24.8 Å². The number of hydrogen-bond acceptors (Lipinski definition) is 6. The molecule has 0 bridgehead atoms. The highest BCUT2D eigenvalue weighted by molar-refractivity contribution is 5.99. The maximum atomic E-state index is 12.0. The van der Waals surface area contributed by atoms with Gasteiger partial charge in [0.2, 0.25) is 5.76 Å². The predicted octanol–water partition coefficient (Wildman–Crippen LogP) is 1.49. The van der Waals surface area contributed by atoms with Crippen molar-refractivity contribution in [3.8, 4) is 0 Å². The van der Waals surface area contributed by atoms with Gasteiger partial charge in [-0.15, -0.1) is 0 Å². The number of aliphatic hydroxyl groups excluding tert-OH is 1. The summed E-state index contributed by atoms with van der Waals surface area (Å²) in [5.74, 6) is -2.46. The maximum Gasteiger partial charge on any atom is 0.373 e. The molecule has 0 atom stereocenters. The minimum atomic E-state index is -0.865. The van der Waals surface area contributed by atoms with Gasteiger partial charge in [0.05, 0.1) is 19.8 Å². The zero-order valence-corrected chi connectivity index (χ0v) is 11.6. The Labute approximate surface area is 117 Å². The van der Waals surface area contributed by atoms with Crippen LogP contribution in [0.15, 0.2) is 11.8 Å². The summed E-state index contributed by atoms with van der Waals surface area (Å²) in [6.07, 6.45) is 3.56. The van der Waals surface area contributed by atoms with Crippen molar-refractivity contribution in [2.75, 3.05) is 19.8 Å². The van der Waals surface area contributed by atoms with Crippen LogP contribution in [0.5, 0.6) is 0 Å². The first kappa shape index (κ1) is 15.0. The zero-order valence-electron chi connectivity index (χ0n) is 11.6. The Morgan fingerprint density at radius 1 is 1.30 bits per heavy atom. The van der Waals surface area contributed by atoms with E-state index < -0.39 is 17.5 Å². The zero-order chi connectivity index (χ0) is 14.6. The summed E-state index contributed by atoms with van der Waals surface area (Å²) >= 11 is 0. The van der Waals surface area contributed by atoms with Crippen molar-refractivity contribution in [2.45, 2.75) is 38.4 Å². The summed E-state index contributed by atoms with van der Waals surface area (Å²) < 4.78 is 15.8. The van der Waals surface area contributed by atoms with E-state index in [0.717, 1.165) is 6.08 Å². The third kappa shape index (κ3) is 3.37. The molecule has 2 fully saturated rings. The molecule has 112 valence electrons.